The number of amides is 2. The molecule has 30 heavy (non-hydrogen) atoms. The van der Waals surface area contributed by atoms with Gasteiger partial charge in [-0.05, 0) is 30.0 Å². The van der Waals surface area contributed by atoms with Gasteiger partial charge in [-0.15, -0.1) is 0 Å². The number of carbonyl (C=O) groups is 2. The van der Waals surface area contributed by atoms with Gasteiger partial charge >= 0.3 is 0 Å². The van der Waals surface area contributed by atoms with E-state index in [-0.39, 0.29) is 27.9 Å². The molecule has 2 aromatic carbocycles. The number of benzene rings is 2. The number of sulfonamides is 1. The van der Waals surface area contributed by atoms with Crippen LogP contribution in [-0.4, -0.2) is 45.3 Å². The van der Waals surface area contributed by atoms with E-state index in [9.17, 15) is 18.0 Å². The van der Waals surface area contributed by atoms with Crippen molar-refractivity contribution in [1.82, 2.24) is 4.31 Å². The van der Waals surface area contributed by atoms with Gasteiger partial charge in [-0.2, -0.15) is 0 Å². The fourth-order valence-electron chi connectivity index (χ4n) is 3.41. The molecule has 0 saturated heterocycles. The summed E-state index contributed by atoms with van der Waals surface area (Å²) in [6, 6.07) is 8.20. The van der Waals surface area contributed by atoms with E-state index in [4.69, 9.17) is 9.47 Å². The normalized spacial score (nSPS) is 14.6. The fraction of sp³-hybridized carbons (Fsp3) is 0.333. The molecule has 9 heteroatoms. The number of aryl methyl sites for hydroxylation is 1. The number of para-hydroxylation sites is 1. The molecule has 2 amide bonds. The summed E-state index contributed by atoms with van der Waals surface area (Å²) in [4.78, 5) is 25.3. The Hall–Kier alpha value is -3.07. The first-order valence-electron chi connectivity index (χ1n) is 9.34. The Morgan fingerprint density at radius 3 is 2.37 bits per heavy atom. The molecule has 0 radical (unpaired) electrons. The Kier molecular flexibility index (Phi) is 5.76. The second kappa shape index (κ2) is 7.98. The summed E-state index contributed by atoms with van der Waals surface area (Å²) in [5.41, 5.74) is 2.35. The van der Waals surface area contributed by atoms with Crippen LogP contribution in [-0.2, 0) is 14.8 Å². The van der Waals surface area contributed by atoms with Gasteiger partial charge in [0.1, 0.15) is 11.4 Å². The lowest BCUT2D eigenvalue weighted by molar-refractivity contribution is -0.116. The monoisotopic (exact) mass is 432 g/mol. The van der Waals surface area contributed by atoms with Crippen molar-refractivity contribution in [2.45, 2.75) is 31.6 Å². The summed E-state index contributed by atoms with van der Waals surface area (Å²) in [6.07, 6.45) is 0. The number of methoxy groups -OCH3 is 2. The van der Waals surface area contributed by atoms with Gasteiger partial charge in [-0.1, -0.05) is 32.0 Å². The van der Waals surface area contributed by atoms with Crippen LogP contribution in [0.25, 0.3) is 0 Å². The molecule has 1 N–H and O–H groups in total. The third kappa shape index (κ3) is 3.60. The molecule has 0 fully saturated rings. The van der Waals surface area contributed by atoms with Crippen molar-refractivity contribution in [3.63, 3.8) is 0 Å². The molecule has 0 aliphatic carbocycles. The molecular formula is C21H24N2O6S. The second-order valence-electron chi connectivity index (χ2n) is 7.26. The lowest BCUT2D eigenvalue weighted by atomic mass is 9.98. The molecular weight excluding hydrogens is 408 g/mol. The van der Waals surface area contributed by atoms with Gasteiger partial charge in [0.15, 0.2) is 11.5 Å². The maximum Gasteiger partial charge on any atom is 0.269 e. The second-order valence-corrected chi connectivity index (χ2v) is 9.09. The van der Waals surface area contributed by atoms with Crippen LogP contribution in [0.1, 0.15) is 41.3 Å². The standard InChI is InChI=1S/C21H24N2O6S/c1-12(2)14-8-6-7-13(3)20(14)22-19(24)11-23-21(25)15-9-16(28-4)17(29-5)10-18(15)30(23,26)27/h6-10,12H,11H2,1-5H3,(H,22,24). The molecule has 0 bridgehead atoms. The Balaban J connectivity index is 1.91. The van der Waals surface area contributed by atoms with Crippen molar-refractivity contribution in [3.05, 3.63) is 47.0 Å². The third-order valence-corrected chi connectivity index (χ3v) is 6.76. The first kappa shape index (κ1) is 21.6. The summed E-state index contributed by atoms with van der Waals surface area (Å²) in [5.74, 6) is -0.820. The predicted molar refractivity (Wildman–Crippen MR) is 112 cm³/mol. The zero-order valence-electron chi connectivity index (χ0n) is 17.5. The Bertz CT molecular complexity index is 1120. The molecule has 0 unspecified atom stereocenters. The summed E-state index contributed by atoms with van der Waals surface area (Å²) in [5, 5.41) is 2.77. The van der Waals surface area contributed by atoms with Crippen LogP contribution in [0, 0.1) is 6.92 Å². The van der Waals surface area contributed by atoms with E-state index < -0.39 is 28.4 Å². The highest BCUT2D eigenvalue weighted by Crippen LogP contribution is 2.38. The number of nitrogens with zero attached hydrogens (tertiary/aromatic N) is 1. The minimum absolute atomic E-state index is 0.0563. The van der Waals surface area contributed by atoms with Crippen LogP contribution in [0.4, 0.5) is 5.69 Å². The van der Waals surface area contributed by atoms with Crippen molar-refractivity contribution >= 4 is 27.5 Å². The van der Waals surface area contributed by atoms with E-state index in [1.807, 2.05) is 39.0 Å². The fourth-order valence-corrected chi connectivity index (χ4v) is 4.93. The third-order valence-electron chi connectivity index (χ3n) is 4.99. The Morgan fingerprint density at radius 1 is 1.13 bits per heavy atom. The average Bonchev–Trinajstić information content (AvgIpc) is 2.88. The van der Waals surface area contributed by atoms with Gasteiger partial charge < -0.3 is 14.8 Å². The maximum atomic E-state index is 12.9. The van der Waals surface area contributed by atoms with Gasteiger partial charge in [-0.25, -0.2) is 12.7 Å². The number of anilines is 1. The summed E-state index contributed by atoms with van der Waals surface area (Å²) < 4.78 is 36.7. The number of rotatable bonds is 6. The first-order chi connectivity index (χ1) is 14.1. The van der Waals surface area contributed by atoms with E-state index >= 15 is 0 Å². The summed E-state index contributed by atoms with van der Waals surface area (Å²) in [7, 11) is -1.43. The van der Waals surface area contributed by atoms with Crippen molar-refractivity contribution in [2.24, 2.45) is 0 Å². The van der Waals surface area contributed by atoms with Gasteiger partial charge in [0, 0.05) is 11.8 Å². The molecule has 8 nitrogen and oxygen atoms in total. The molecule has 0 atom stereocenters. The van der Waals surface area contributed by atoms with Crippen LogP contribution in [0.3, 0.4) is 0 Å². The SMILES string of the molecule is COc1cc2c(cc1OC)S(=O)(=O)N(CC(=O)Nc1c(C)cccc1C(C)C)C2=O. The highest BCUT2D eigenvalue weighted by Gasteiger charge is 2.43. The minimum Gasteiger partial charge on any atom is -0.493 e. The van der Waals surface area contributed by atoms with Crippen LogP contribution in [0.5, 0.6) is 11.5 Å². The number of ether oxygens (including phenoxy) is 2. The van der Waals surface area contributed by atoms with Crippen molar-refractivity contribution in [3.8, 4) is 11.5 Å². The Labute approximate surface area is 175 Å². The quantitative estimate of drug-likeness (QED) is 0.753. The minimum atomic E-state index is -4.19. The maximum absolute atomic E-state index is 12.9. The molecule has 2 aromatic rings. The lowest BCUT2D eigenvalue weighted by Crippen LogP contribution is -2.37. The molecule has 0 saturated carbocycles. The molecule has 1 heterocycles. The van der Waals surface area contributed by atoms with Crippen LogP contribution in [0.15, 0.2) is 35.2 Å². The number of hydrogen-bond donors (Lipinski definition) is 1. The molecule has 1 aliphatic rings. The zero-order valence-corrected chi connectivity index (χ0v) is 18.3. The summed E-state index contributed by atoms with van der Waals surface area (Å²) in [6.45, 7) is 5.21. The highest BCUT2D eigenvalue weighted by atomic mass is 32.2. The van der Waals surface area contributed by atoms with Gasteiger partial charge in [0.05, 0.1) is 19.8 Å². The molecule has 0 aromatic heterocycles. The highest BCUT2D eigenvalue weighted by molar-refractivity contribution is 7.90. The number of fused-ring (bicyclic) bond motifs is 1. The van der Waals surface area contributed by atoms with E-state index in [2.05, 4.69) is 5.32 Å². The van der Waals surface area contributed by atoms with Gasteiger partial charge in [-0.3, -0.25) is 9.59 Å². The van der Waals surface area contributed by atoms with E-state index in [1.165, 1.54) is 26.4 Å². The van der Waals surface area contributed by atoms with Crippen LogP contribution >= 0.6 is 0 Å². The van der Waals surface area contributed by atoms with E-state index in [1.54, 1.807) is 0 Å². The van der Waals surface area contributed by atoms with Crippen molar-refractivity contribution in [2.75, 3.05) is 26.1 Å². The van der Waals surface area contributed by atoms with Crippen LogP contribution in [0.2, 0.25) is 0 Å². The number of carbonyl (C=O) groups excluding carboxylic acids is 2. The number of nitrogens with one attached hydrogen (secondary N) is 1. The van der Waals surface area contributed by atoms with Crippen molar-refractivity contribution in [1.29, 1.82) is 0 Å². The van der Waals surface area contributed by atoms with Crippen molar-refractivity contribution < 1.29 is 27.5 Å². The average molecular weight is 432 g/mol. The smallest absolute Gasteiger partial charge is 0.269 e. The largest absolute Gasteiger partial charge is 0.493 e. The van der Waals surface area contributed by atoms with Gasteiger partial charge in [0.2, 0.25) is 5.91 Å². The molecule has 160 valence electrons. The Morgan fingerprint density at radius 2 is 1.77 bits per heavy atom. The van der Waals surface area contributed by atoms with Gasteiger partial charge in [0.25, 0.3) is 15.9 Å². The zero-order chi connectivity index (χ0) is 22.2. The van der Waals surface area contributed by atoms with E-state index in [0.29, 0.717) is 9.99 Å². The molecule has 1 aliphatic heterocycles. The topological polar surface area (TPSA) is 102 Å². The van der Waals surface area contributed by atoms with Crippen LogP contribution < -0.4 is 14.8 Å². The molecule has 3 rings (SSSR count). The van der Waals surface area contributed by atoms with E-state index in [0.717, 1.165) is 11.1 Å². The predicted octanol–water partition coefficient (Wildman–Crippen LogP) is 2.92. The number of hydrogen-bond acceptors (Lipinski definition) is 6. The first-order valence-corrected chi connectivity index (χ1v) is 10.8. The lowest BCUT2D eigenvalue weighted by Gasteiger charge is -2.19. The summed E-state index contributed by atoms with van der Waals surface area (Å²) >= 11 is 0. The molecule has 0 spiro atoms.